The molecule has 3 amide bonds. The van der Waals surface area contributed by atoms with Crippen molar-refractivity contribution in [1.29, 1.82) is 0 Å². The summed E-state index contributed by atoms with van der Waals surface area (Å²) in [7, 11) is 0. The molecular formula is C17H23N3O3. The van der Waals surface area contributed by atoms with Gasteiger partial charge in [0.1, 0.15) is 5.60 Å². The van der Waals surface area contributed by atoms with Crippen LogP contribution < -0.4 is 10.6 Å². The molecule has 0 spiro atoms. The fourth-order valence-corrected chi connectivity index (χ4v) is 2.93. The third kappa shape index (κ3) is 3.57. The average molecular weight is 317 g/mol. The summed E-state index contributed by atoms with van der Waals surface area (Å²) < 4.78 is 5.40. The third-order valence-corrected chi connectivity index (χ3v) is 4.06. The fourth-order valence-electron chi connectivity index (χ4n) is 2.93. The number of rotatable bonds is 1. The largest absolute Gasteiger partial charge is 0.444 e. The lowest BCUT2D eigenvalue weighted by molar-refractivity contribution is 0.0266. The second-order valence-electron chi connectivity index (χ2n) is 7.06. The van der Waals surface area contributed by atoms with Gasteiger partial charge in [-0.2, -0.15) is 0 Å². The number of carbonyl (C=O) groups excluding carboxylic acids is 2. The molecule has 2 aliphatic heterocycles. The number of fused-ring (bicyclic) bond motifs is 1. The van der Waals surface area contributed by atoms with Crippen molar-refractivity contribution in [2.45, 2.75) is 44.9 Å². The Morgan fingerprint density at radius 1 is 1.30 bits per heavy atom. The maximum atomic E-state index is 12.1. The zero-order valence-corrected chi connectivity index (χ0v) is 13.8. The van der Waals surface area contributed by atoms with Gasteiger partial charge >= 0.3 is 12.1 Å². The number of allylic oxidation sites excluding steroid dienone is 2. The minimum absolute atomic E-state index is 0.00675. The van der Waals surface area contributed by atoms with Gasteiger partial charge < -0.3 is 20.3 Å². The van der Waals surface area contributed by atoms with Crippen LogP contribution >= 0.6 is 0 Å². The minimum atomic E-state index is -0.474. The van der Waals surface area contributed by atoms with E-state index >= 15 is 0 Å². The molecule has 0 unspecified atom stereocenters. The van der Waals surface area contributed by atoms with Crippen molar-refractivity contribution in [3.8, 4) is 0 Å². The summed E-state index contributed by atoms with van der Waals surface area (Å²) in [5.41, 5.74) is 1.86. The predicted octanol–water partition coefficient (Wildman–Crippen LogP) is 2.10. The van der Waals surface area contributed by atoms with Crippen molar-refractivity contribution in [1.82, 2.24) is 15.5 Å². The van der Waals surface area contributed by atoms with Crippen LogP contribution in [0.2, 0.25) is 0 Å². The van der Waals surface area contributed by atoms with Crippen LogP contribution in [0.25, 0.3) is 0 Å². The quantitative estimate of drug-likeness (QED) is 0.778. The number of hydrogen-bond acceptors (Lipinski definition) is 3. The number of ether oxygens (including phenoxy) is 1. The van der Waals surface area contributed by atoms with Crippen molar-refractivity contribution in [2.24, 2.45) is 0 Å². The molecule has 3 aliphatic rings. The summed E-state index contributed by atoms with van der Waals surface area (Å²) in [5.74, 6) is 0. The van der Waals surface area contributed by atoms with Crippen molar-refractivity contribution in [2.75, 3.05) is 13.1 Å². The number of nitrogens with zero attached hydrogens (tertiary/aromatic N) is 1. The highest BCUT2D eigenvalue weighted by Gasteiger charge is 2.31. The van der Waals surface area contributed by atoms with Crippen molar-refractivity contribution < 1.29 is 14.3 Å². The minimum Gasteiger partial charge on any atom is -0.444 e. The number of urea groups is 1. The van der Waals surface area contributed by atoms with Crippen LogP contribution in [0.15, 0.2) is 35.5 Å². The van der Waals surface area contributed by atoms with E-state index in [0.29, 0.717) is 13.1 Å². The Bertz CT molecular complexity index is 613. The van der Waals surface area contributed by atoms with Crippen molar-refractivity contribution >= 4 is 12.1 Å². The van der Waals surface area contributed by atoms with Crippen LogP contribution in [0, 0.1) is 0 Å². The van der Waals surface area contributed by atoms with Crippen LogP contribution in [0.3, 0.4) is 0 Å². The fraction of sp³-hybridized carbons (Fsp3) is 0.529. The summed E-state index contributed by atoms with van der Waals surface area (Å²) in [4.78, 5) is 25.2. The molecule has 1 aliphatic carbocycles. The van der Waals surface area contributed by atoms with E-state index < -0.39 is 5.60 Å². The molecule has 3 rings (SSSR count). The Morgan fingerprint density at radius 2 is 2.04 bits per heavy atom. The maximum absolute atomic E-state index is 12.1. The standard InChI is InChI=1S/C17H23N3O3/c1-17(2,3)23-16(22)20-8-6-11(7-9-20)12-4-5-13-14(10-12)19-15(21)18-13/h4-6,10,13-14H,7-9H2,1-3H3,(H2,18,19,21)/t13-,14+/m0/s1. The monoisotopic (exact) mass is 317 g/mol. The normalized spacial score (nSPS) is 26.7. The van der Waals surface area contributed by atoms with E-state index in [1.54, 1.807) is 4.90 Å². The Hall–Kier alpha value is -2.24. The van der Waals surface area contributed by atoms with Gasteiger partial charge in [-0.3, -0.25) is 0 Å². The molecule has 23 heavy (non-hydrogen) atoms. The second-order valence-corrected chi connectivity index (χ2v) is 7.06. The summed E-state index contributed by atoms with van der Waals surface area (Å²) in [5, 5.41) is 5.74. The number of hydrogen-bond donors (Lipinski definition) is 2. The molecule has 124 valence electrons. The van der Waals surface area contributed by atoms with Gasteiger partial charge in [-0.1, -0.05) is 24.3 Å². The second kappa shape index (κ2) is 5.76. The lowest BCUT2D eigenvalue weighted by atomic mass is 9.91. The average Bonchev–Trinajstić information content (AvgIpc) is 2.84. The van der Waals surface area contributed by atoms with Crippen LogP contribution in [0.4, 0.5) is 9.59 Å². The first kappa shape index (κ1) is 15.6. The van der Waals surface area contributed by atoms with Crippen LogP contribution in [0.5, 0.6) is 0 Å². The van der Waals surface area contributed by atoms with Gasteiger partial charge in [0.15, 0.2) is 0 Å². The van der Waals surface area contributed by atoms with Crippen LogP contribution in [0.1, 0.15) is 27.2 Å². The van der Waals surface area contributed by atoms with Gasteiger partial charge in [-0.05, 0) is 38.3 Å². The Kier molecular flexibility index (Phi) is 3.92. The lowest BCUT2D eigenvalue weighted by Gasteiger charge is -2.30. The smallest absolute Gasteiger partial charge is 0.410 e. The Labute approximate surface area is 136 Å². The summed E-state index contributed by atoms with van der Waals surface area (Å²) >= 11 is 0. The van der Waals surface area contributed by atoms with E-state index in [4.69, 9.17) is 4.74 Å². The number of carbonyl (C=O) groups is 2. The molecule has 1 saturated heterocycles. The van der Waals surface area contributed by atoms with Gasteiger partial charge in [0.25, 0.3) is 0 Å². The van der Waals surface area contributed by atoms with Gasteiger partial charge in [0.05, 0.1) is 12.1 Å². The van der Waals surface area contributed by atoms with Crippen molar-refractivity contribution in [3.63, 3.8) is 0 Å². The topological polar surface area (TPSA) is 70.7 Å². The molecule has 2 N–H and O–H groups in total. The molecule has 0 bridgehead atoms. The third-order valence-electron chi connectivity index (χ3n) is 4.06. The summed E-state index contributed by atoms with van der Waals surface area (Å²) in [6.45, 7) is 6.80. The Balaban J connectivity index is 1.63. The number of nitrogens with one attached hydrogen (secondary N) is 2. The number of amides is 3. The molecule has 0 aromatic heterocycles. The first-order valence-electron chi connectivity index (χ1n) is 7.96. The Morgan fingerprint density at radius 3 is 2.70 bits per heavy atom. The van der Waals surface area contributed by atoms with E-state index in [0.717, 1.165) is 12.0 Å². The molecule has 6 heteroatoms. The molecule has 1 fully saturated rings. The van der Waals surface area contributed by atoms with E-state index in [1.807, 2.05) is 32.9 Å². The van der Waals surface area contributed by atoms with Crippen LogP contribution in [-0.2, 0) is 4.74 Å². The van der Waals surface area contributed by atoms with Crippen LogP contribution in [-0.4, -0.2) is 47.8 Å². The maximum Gasteiger partial charge on any atom is 0.410 e. The molecule has 0 radical (unpaired) electrons. The van der Waals surface area contributed by atoms with Gasteiger partial charge in [-0.25, -0.2) is 9.59 Å². The van der Waals surface area contributed by atoms with Gasteiger partial charge in [0.2, 0.25) is 0 Å². The SMILES string of the molecule is CC(C)(C)OC(=O)N1CC=C(C2=C[C@H]3NC(=O)N[C@H]3C=C2)CC1. The highest BCUT2D eigenvalue weighted by atomic mass is 16.6. The van der Waals surface area contributed by atoms with E-state index in [2.05, 4.69) is 22.8 Å². The first-order chi connectivity index (χ1) is 10.8. The highest BCUT2D eigenvalue weighted by Crippen LogP contribution is 2.26. The molecule has 2 atom stereocenters. The summed E-state index contributed by atoms with van der Waals surface area (Å²) in [6, 6.07) is -0.0862. The molecule has 0 aromatic rings. The first-order valence-corrected chi connectivity index (χ1v) is 7.96. The van der Waals surface area contributed by atoms with E-state index in [1.165, 1.54) is 5.57 Å². The van der Waals surface area contributed by atoms with Gasteiger partial charge in [-0.15, -0.1) is 0 Å². The molecular weight excluding hydrogens is 294 g/mol. The molecule has 0 aromatic carbocycles. The highest BCUT2D eigenvalue weighted by molar-refractivity contribution is 5.79. The molecule has 0 saturated carbocycles. The zero-order valence-electron chi connectivity index (χ0n) is 13.8. The van der Waals surface area contributed by atoms with E-state index in [9.17, 15) is 9.59 Å². The molecule has 6 nitrogen and oxygen atoms in total. The zero-order chi connectivity index (χ0) is 16.6. The molecule has 2 heterocycles. The van der Waals surface area contributed by atoms with Crippen molar-refractivity contribution in [3.05, 3.63) is 35.5 Å². The lowest BCUT2D eigenvalue weighted by Crippen LogP contribution is -2.39. The predicted molar refractivity (Wildman–Crippen MR) is 87.0 cm³/mol. The van der Waals surface area contributed by atoms with E-state index in [-0.39, 0.29) is 24.2 Å². The van der Waals surface area contributed by atoms with Gasteiger partial charge in [0, 0.05) is 13.1 Å². The summed E-state index contributed by atoms with van der Waals surface area (Å²) in [6.07, 6.45) is 8.72.